The van der Waals surface area contributed by atoms with Gasteiger partial charge in [-0.15, -0.1) is 0 Å². The standard InChI is InChI=1S/C15H16N4O2S/c1-10-7-11(2)14-13(8-10)18-15(19-22(14,20)21)17-9-12-5-3-4-6-16-12/h3-8H,9H2,1-2H3,(H2,17,18,19). The summed E-state index contributed by atoms with van der Waals surface area (Å²) in [6, 6.07) is 9.17. The lowest BCUT2D eigenvalue weighted by molar-refractivity contribution is 0.591. The number of guanidine groups is 1. The second-order valence-electron chi connectivity index (χ2n) is 5.17. The first kappa shape index (κ1) is 14.5. The Hall–Kier alpha value is -2.41. The first-order valence-electron chi connectivity index (χ1n) is 6.81. The molecule has 0 spiro atoms. The molecule has 0 amide bonds. The van der Waals surface area contributed by atoms with Gasteiger partial charge in [-0.1, -0.05) is 12.1 Å². The number of nitrogens with one attached hydrogen (secondary N) is 2. The van der Waals surface area contributed by atoms with E-state index < -0.39 is 10.0 Å². The summed E-state index contributed by atoms with van der Waals surface area (Å²) in [6.07, 6.45) is 1.68. The molecule has 0 saturated carbocycles. The lowest BCUT2D eigenvalue weighted by atomic mass is 10.1. The van der Waals surface area contributed by atoms with E-state index in [1.165, 1.54) is 0 Å². The highest BCUT2D eigenvalue weighted by molar-refractivity contribution is 7.90. The number of hydrogen-bond donors (Lipinski definition) is 2. The summed E-state index contributed by atoms with van der Waals surface area (Å²) >= 11 is 0. The Labute approximate surface area is 129 Å². The molecule has 2 N–H and O–H groups in total. The van der Waals surface area contributed by atoms with Crippen molar-refractivity contribution in [1.82, 2.24) is 9.71 Å². The first-order valence-corrected chi connectivity index (χ1v) is 8.29. The fourth-order valence-corrected chi connectivity index (χ4v) is 3.81. The Morgan fingerprint density at radius 3 is 2.77 bits per heavy atom. The van der Waals surface area contributed by atoms with Gasteiger partial charge in [-0.2, -0.15) is 0 Å². The summed E-state index contributed by atoms with van der Waals surface area (Å²) in [5.41, 5.74) is 3.02. The van der Waals surface area contributed by atoms with Gasteiger partial charge in [0.2, 0.25) is 5.96 Å². The Kier molecular flexibility index (Phi) is 3.58. The third-order valence-electron chi connectivity index (χ3n) is 3.30. The van der Waals surface area contributed by atoms with E-state index in [4.69, 9.17) is 0 Å². The number of nitrogens with zero attached hydrogens (tertiary/aromatic N) is 2. The van der Waals surface area contributed by atoms with E-state index in [0.29, 0.717) is 17.8 Å². The second kappa shape index (κ2) is 5.42. The van der Waals surface area contributed by atoms with Gasteiger partial charge in [-0.3, -0.25) is 4.98 Å². The van der Waals surface area contributed by atoms with Crippen LogP contribution in [0.1, 0.15) is 16.8 Å². The average Bonchev–Trinajstić information content (AvgIpc) is 2.44. The van der Waals surface area contributed by atoms with Crippen LogP contribution in [-0.2, 0) is 16.6 Å². The minimum Gasteiger partial charge on any atom is -0.324 e. The van der Waals surface area contributed by atoms with Crippen molar-refractivity contribution in [3.63, 3.8) is 0 Å². The van der Waals surface area contributed by atoms with Crippen molar-refractivity contribution >= 4 is 21.7 Å². The van der Waals surface area contributed by atoms with E-state index in [-0.39, 0.29) is 10.9 Å². The Morgan fingerprint density at radius 2 is 2.05 bits per heavy atom. The van der Waals surface area contributed by atoms with Crippen molar-refractivity contribution in [2.45, 2.75) is 25.3 Å². The molecule has 2 heterocycles. The number of aryl methyl sites for hydroxylation is 2. The third kappa shape index (κ3) is 2.80. The van der Waals surface area contributed by atoms with Gasteiger partial charge >= 0.3 is 0 Å². The summed E-state index contributed by atoms with van der Waals surface area (Å²) in [5, 5.41) is 3.04. The van der Waals surface area contributed by atoms with Crippen LogP contribution < -0.4 is 10.0 Å². The van der Waals surface area contributed by atoms with E-state index >= 15 is 0 Å². The van der Waals surface area contributed by atoms with E-state index in [9.17, 15) is 8.42 Å². The van der Waals surface area contributed by atoms with Crippen molar-refractivity contribution in [1.29, 1.82) is 0 Å². The molecule has 1 aromatic heterocycles. The smallest absolute Gasteiger partial charge is 0.266 e. The highest BCUT2D eigenvalue weighted by atomic mass is 32.2. The van der Waals surface area contributed by atoms with Gasteiger partial charge in [0.1, 0.15) is 4.90 Å². The fourth-order valence-electron chi connectivity index (χ4n) is 2.46. The van der Waals surface area contributed by atoms with E-state index in [1.54, 1.807) is 19.2 Å². The Bertz CT molecular complexity index is 845. The minimum absolute atomic E-state index is 0.211. The number of anilines is 1. The van der Waals surface area contributed by atoms with Crippen LogP contribution in [0.4, 0.5) is 5.69 Å². The zero-order chi connectivity index (χ0) is 15.7. The molecule has 3 rings (SSSR count). The summed E-state index contributed by atoms with van der Waals surface area (Å²) in [7, 11) is -3.61. The lowest BCUT2D eigenvalue weighted by Crippen LogP contribution is -2.41. The fraction of sp³-hybridized carbons (Fsp3) is 0.200. The molecule has 0 bridgehead atoms. The third-order valence-corrected chi connectivity index (χ3v) is 4.84. The number of aliphatic imine (C=N–C) groups is 1. The predicted molar refractivity (Wildman–Crippen MR) is 85.2 cm³/mol. The molecule has 22 heavy (non-hydrogen) atoms. The second-order valence-corrected chi connectivity index (χ2v) is 6.79. The summed E-state index contributed by atoms with van der Waals surface area (Å²) in [4.78, 5) is 8.69. The molecule has 1 aliphatic rings. The molecular weight excluding hydrogens is 300 g/mol. The van der Waals surface area contributed by atoms with Gasteiger partial charge in [0.25, 0.3) is 10.0 Å². The van der Waals surface area contributed by atoms with Crippen LogP contribution in [0.25, 0.3) is 0 Å². The molecule has 1 aliphatic heterocycles. The molecule has 7 heteroatoms. The van der Waals surface area contributed by atoms with Crippen LogP contribution in [0.15, 0.2) is 46.4 Å². The molecule has 0 saturated heterocycles. The highest BCUT2D eigenvalue weighted by Crippen LogP contribution is 2.29. The van der Waals surface area contributed by atoms with Crippen molar-refractivity contribution in [3.05, 3.63) is 53.3 Å². The number of fused-ring (bicyclic) bond motifs is 1. The molecule has 0 aliphatic carbocycles. The summed E-state index contributed by atoms with van der Waals surface area (Å²) in [5.74, 6) is 0.211. The van der Waals surface area contributed by atoms with E-state index in [0.717, 1.165) is 11.3 Å². The van der Waals surface area contributed by atoms with Gasteiger partial charge in [0.05, 0.1) is 17.9 Å². The molecule has 0 fully saturated rings. The molecule has 2 aromatic rings. The molecule has 114 valence electrons. The first-order chi connectivity index (χ1) is 10.5. The van der Waals surface area contributed by atoms with Gasteiger partial charge in [-0.25, -0.2) is 18.1 Å². The number of hydrogen-bond acceptors (Lipinski definition) is 4. The monoisotopic (exact) mass is 316 g/mol. The SMILES string of the molecule is Cc1cc(C)c2c(c1)NC(=NCc1ccccn1)NS2(=O)=O. The van der Waals surface area contributed by atoms with E-state index in [1.807, 2.05) is 31.2 Å². The largest absolute Gasteiger partial charge is 0.324 e. The quantitative estimate of drug-likeness (QED) is 0.887. The highest BCUT2D eigenvalue weighted by Gasteiger charge is 2.28. The van der Waals surface area contributed by atoms with Crippen LogP contribution in [0, 0.1) is 13.8 Å². The number of aromatic nitrogens is 1. The van der Waals surface area contributed by atoms with Crippen LogP contribution in [0.2, 0.25) is 0 Å². The van der Waals surface area contributed by atoms with Crippen molar-refractivity contribution < 1.29 is 8.42 Å². The van der Waals surface area contributed by atoms with Crippen molar-refractivity contribution in [2.24, 2.45) is 4.99 Å². The molecule has 0 unspecified atom stereocenters. The summed E-state index contributed by atoms with van der Waals surface area (Å²) in [6.45, 7) is 4.00. The number of rotatable bonds is 2. The summed E-state index contributed by atoms with van der Waals surface area (Å²) < 4.78 is 27.2. The van der Waals surface area contributed by atoms with Gasteiger partial charge in [-0.05, 0) is 43.2 Å². The molecule has 1 aromatic carbocycles. The maximum Gasteiger partial charge on any atom is 0.266 e. The Morgan fingerprint density at radius 1 is 1.23 bits per heavy atom. The molecular formula is C15H16N4O2S. The number of pyridine rings is 1. The minimum atomic E-state index is -3.61. The maximum absolute atomic E-state index is 12.4. The van der Waals surface area contributed by atoms with Gasteiger partial charge < -0.3 is 5.32 Å². The average molecular weight is 316 g/mol. The molecule has 0 atom stereocenters. The van der Waals surface area contributed by atoms with E-state index in [2.05, 4.69) is 20.0 Å². The topological polar surface area (TPSA) is 83.4 Å². The number of sulfonamides is 1. The normalized spacial score (nSPS) is 17.5. The number of benzene rings is 1. The van der Waals surface area contributed by atoms with Crippen LogP contribution in [0.3, 0.4) is 0 Å². The van der Waals surface area contributed by atoms with Crippen molar-refractivity contribution in [3.8, 4) is 0 Å². The van der Waals surface area contributed by atoms with Crippen LogP contribution >= 0.6 is 0 Å². The van der Waals surface area contributed by atoms with Gasteiger partial charge in [0.15, 0.2) is 0 Å². The van der Waals surface area contributed by atoms with Crippen LogP contribution in [-0.4, -0.2) is 19.4 Å². The zero-order valence-electron chi connectivity index (χ0n) is 12.3. The predicted octanol–water partition coefficient (Wildman–Crippen LogP) is 1.96. The van der Waals surface area contributed by atoms with Crippen molar-refractivity contribution in [2.75, 3.05) is 5.32 Å². The van der Waals surface area contributed by atoms with Gasteiger partial charge in [0, 0.05) is 6.20 Å². The van der Waals surface area contributed by atoms with Crippen LogP contribution in [0.5, 0.6) is 0 Å². The Balaban J connectivity index is 1.95. The lowest BCUT2D eigenvalue weighted by Gasteiger charge is -2.23. The molecule has 6 nitrogen and oxygen atoms in total. The maximum atomic E-state index is 12.4. The molecule has 0 radical (unpaired) electrons. The zero-order valence-corrected chi connectivity index (χ0v) is 13.1.